The molecule has 1 atom stereocenters. The molecule has 1 fully saturated rings. The van der Waals surface area contributed by atoms with Crippen molar-refractivity contribution >= 4 is 0 Å². The molecule has 1 saturated heterocycles. The van der Waals surface area contributed by atoms with Gasteiger partial charge in [0.05, 0.1) is 19.8 Å². The van der Waals surface area contributed by atoms with Crippen molar-refractivity contribution in [2.45, 2.75) is 32.6 Å². The van der Waals surface area contributed by atoms with Gasteiger partial charge in [-0.1, -0.05) is 26.0 Å². The highest BCUT2D eigenvalue weighted by Crippen LogP contribution is 2.21. The minimum Gasteiger partial charge on any atom is -0.494 e. The number of rotatable bonds is 7. The monoisotopic (exact) mass is 277 g/mol. The molecule has 2 rings (SSSR count). The Morgan fingerprint density at radius 1 is 1.20 bits per heavy atom. The van der Waals surface area contributed by atoms with Gasteiger partial charge in [-0.05, 0) is 36.5 Å². The minimum atomic E-state index is 0.630. The van der Waals surface area contributed by atoms with Crippen molar-refractivity contribution in [2.75, 3.05) is 39.5 Å². The first-order chi connectivity index (χ1) is 9.79. The van der Waals surface area contributed by atoms with Crippen molar-refractivity contribution in [2.24, 2.45) is 0 Å². The highest BCUT2D eigenvalue weighted by molar-refractivity contribution is 5.29. The summed E-state index contributed by atoms with van der Waals surface area (Å²) >= 11 is 0. The van der Waals surface area contributed by atoms with Gasteiger partial charge in [-0.3, -0.25) is 4.90 Å². The third-order valence-corrected chi connectivity index (χ3v) is 4.05. The largest absolute Gasteiger partial charge is 0.494 e. The van der Waals surface area contributed by atoms with Gasteiger partial charge in [0, 0.05) is 19.6 Å². The molecule has 1 aliphatic rings. The molecule has 1 aromatic rings. The fourth-order valence-corrected chi connectivity index (χ4v) is 2.43. The van der Waals surface area contributed by atoms with Crippen LogP contribution in [0.4, 0.5) is 0 Å². The van der Waals surface area contributed by atoms with E-state index in [4.69, 9.17) is 9.47 Å². The maximum Gasteiger partial charge on any atom is 0.119 e. The molecule has 3 heteroatoms. The lowest BCUT2D eigenvalue weighted by Gasteiger charge is -2.26. The number of hydrogen-bond acceptors (Lipinski definition) is 3. The van der Waals surface area contributed by atoms with E-state index in [1.807, 2.05) is 0 Å². The van der Waals surface area contributed by atoms with Gasteiger partial charge in [-0.15, -0.1) is 0 Å². The normalized spacial score (nSPS) is 17.9. The zero-order valence-electron chi connectivity index (χ0n) is 12.8. The van der Waals surface area contributed by atoms with Crippen LogP contribution in [0.2, 0.25) is 0 Å². The summed E-state index contributed by atoms with van der Waals surface area (Å²) in [4.78, 5) is 2.44. The molecule has 0 saturated carbocycles. The van der Waals surface area contributed by atoms with Crippen LogP contribution in [0, 0.1) is 0 Å². The molecular formula is C17H27NO2. The van der Waals surface area contributed by atoms with Crippen LogP contribution in [0.15, 0.2) is 24.3 Å². The Kier molecular flexibility index (Phi) is 6.34. The third kappa shape index (κ3) is 4.80. The van der Waals surface area contributed by atoms with Crippen LogP contribution in [0.3, 0.4) is 0 Å². The zero-order valence-corrected chi connectivity index (χ0v) is 12.8. The standard InChI is InChI=1S/C17H27NO2/c1-3-15(2)16-5-7-17(8-6-16)20-12-4-9-18-10-13-19-14-11-18/h5-8,15H,3-4,9-14H2,1-2H3/t15-/m1/s1. The van der Waals surface area contributed by atoms with Crippen LogP contribution in [-0.2, 0) is 4.74 Å². The Hall–Kier alpha value is -1.06. The lowest BCUT2D eigenvalue weighted by atomic mass is 9.99. The van der Waals surface area contributed by atoms with Crippen LogP contribution in [0.5, 0.6) is 5.75 Å². The lowest BCUT2D eigenvalue weighted by Crippen LogP contribution is -2.37. The van der Waals surface area contributed by atoms with E-state index in [2.05, 4.69) is 43.0 Å². The van der Waals surface area contributed by atoms with Crippen LogP contribution < -0.4 is 4.74 Å². The van der Waals surface area contributed by atoms with Gasteiger partial charge in [-0.25, -0.2) is 0 Å². The maximum absolute atomic E-state index is 5.81. The first kappa shape index (κ1) is 15.3. The Morgan fingerprint density at radius 2 is 1.90 bits per heavy atom. The van der Waals surface area contributed by atoms with Gasteiger partial charge in [0.2, 0.25) is 0 Å². The van der Waals surface area contributed by atoms with Gasteiger partial charge < -0.3 is 9.47 Å². The molecule has 112 valence electrons. The van der Waals surface area contributed by atoms with Crippen molar-refractivity contribution in [1.29, 1.82) is 0 Å². The summed E-state index contributed by atoms with van der Waals surface area (Å²) in [7, 11) is 0. The summed E-state index contributed by atoms with van der Waals surface area (Å²) in [6, 6.07) is 8.56. The molecule has 3 nitrogen and oxygen atoms in total. The van der Waals surface area contributed by atoms with Crippen LogP contribution in [-0.4, -0.2) is 44.4 Å². The minimum absolute atomic E-state index is 0.630. The predicted octanol–water partition coefficient (Wildman–Crippen LogP) is 3.30. The number of morpholine rings is 1. The smallest absolute Gasteiger partial charge is 0.119 e. The van der Waals surface area contributed by atoms with E-state index in [1.54, 1.807) is 0 Å². The fraction of sp³-hybridized carbons (Fsp3) is 0.647. The van der Waals surface area contributed by atoms with Crippen LogP contribution >= 0.6 is 0 Å². The lowest BCUT2D eigenvalue weighted by molar-refractivity contribution is 0.0358. The van der Waals surface area contributed by atoms with Gasteiger partial charge in [-0.2, -0.15) is 0 Å². The van der Waals surface area contributed by atoms with Crippen molar-refractivity contribution in [3.05, 3.63) is 29.8 Å². The first-order valence-corrected chi connectivity index (χ1v) is 7.82. The average Bonchev–Trinajstić information content (AvgIpc) is 2.52. The number of nitrogens with zero attached hydrogens (tertiary/aromatic N) is 1. The molecule has 1 heterocycles. The summed E-state index contributed by atoms with van der Waals surface area (Å²) in [6.45, 7) is 10.2. The van der Waals surface area contributed by atoms with Crippen molar-refractivity contribution in [3.8, 4) is 5.75 Å². The van der Waals surface area contributed by atoms with Gasteiger partial charge >= 0.3 is 0 Å². The second-order valence-corrected chi connectivity index (χ2v) is 5.53. The molecule has 0 aliphatic carbocycles. The highest BCUT2D eigenvalue weighted by Gasteiger charge is 2.09. The zero-order chi connectivity index (χ0) is 14.2. The molecule has 20 heavy (non-hydrogen) atoms. The summed E-state index contributed by atoms with van der Waals surface area (Å²) < 4.78 is 11.1. The number of benzene rings is 1. The van der Waals surface area contributed by atoms with Crippen molar-refractivity contribution in [3.63, 3.8) is 0 Å². The van der Waals surface area contributed by atoms with Gasteiger partial charge in [0.25, 0.3) is 0 Å². The van der Waals surface area contributed by atoms with Crippen molar-refractivity contribution < 1.29 is 9.47 Å². The second kappa shape index (κ2) is 8.28. The van der Waals surface area contributed by atoms with E-state index in [9.17, 15) is 0 Å². The van der Waals surface area contributed by atoms with Gasteiger partial charge in [0.1, 0.15) is 5.75 Å². The first-order valence-electron chi connectivity index (χ1n) is 7.82. The number of ether oxygens (including phenoxy) is 2. The summed E-state index contributed by atoms with van der Waals surface area (Å²) in [5, 5.41) is 0. The fourth-order valence-electron chi connectivity index (χ4n) is 2.43. The van der Waals surface area contributed by atoms with E-state index in [0.29, 0.717) is 5.92 Å². The van der Waals surface area contributed by atoms with E-state index in [0.717, 1.165) is 51.6 Å². The van der Waals surface area contributed by atoms with E-state index >= 15 is 0 Å². The summed E-state index contributed by atoms with van der Waals surface area (Å²) in [5.74, 6) is 1.62. The molecule has 0 unspecified atom stereocenters. The van der Waals surface area contributed by atoms with Crippen LogP contribution in [0.25, 0.3) is 0 Å². The molecule has 1 aliphatic heterocycles. The van der Waals surface area contributed by atoms with Crippen molar-refractivity contribution in [1.82, 2.24) is 4.90 Å². The SMILES string of the molecule is CC[C@@H](C)c1ccc(OCCCN2CCOCC2)cc1. The van der Waals surface area contributed by atoms with Gasteiger partial charge in [0.15, 0.2) is 0 Å². The molecule has 0 N–H and O–H groups in total. The van der Waals surface area contributed by atoms with Crippen LogP contribution in [0.1, 0.15) is 38.2 Å². The third-order valence-electron chi connectivity index (χ3n) is 4.05. The molecular weight excluding hydrogens is 250 g/mol. The molecule has 0 spiro atoms. The predicted molar refractivity (Wildman–Crippen MR) is 82.5 cm³/mol. The van der Waals surface area contributed by atoms with E-state index in [1.165, 1.54) is 12.0 Å². The molecule has 1 aromatic carbocycles. The Bertz CT molecular complexity index is 371. The molecule has 0 aromatic heterocycles. The Labute approximate surface area is 122 Å². The Balaban J connectivity index is 1.66. The topological polar surface area (TPSA) is 21.7 Å². The molecule has 0 amide bonds. The Morgan fingerprint density at radius 3 is 2.55 bits per heavy atom. The molecule has 0 bridgehead atoms. The average molecular weight is 277 g/mol. The van der Waals surface area contributed by atoms with E-state index in [-0.39, 0.29) is 0 Å². The molecule has 0 radical (unpaired) electrons. The summed E-state index contributed by atoms with van der Waals surface area (Å²) in [5.41, 5.74) is 1.40. The number of hydrogen-bond donors (Lipinski definition) is 0. The second-order valence-electron chi connectivity index (χ2n) is 5.53. The quantitative estimate of drug-likeness (QED) is 0.714. The summed E-state index contributed by atoms with van der Waals surface area (Å²) in [6.07, 6.45) is 2.26. The highest BCUT2D eigenvalue weighted by atomic mass is 16.5. The maximum atomic E-state index is 5.81. The van der Waals surface area contributed by atoms with E-state index < -0.39 is 0 Å².